The van der Waals surface area contributed by atoms with Crippen molar-refractivity contribution in [2.45, 2.75) is 62.3 Å². The van der Waals surface area contributed by atoms with E-state index in [-0.39, 0.29) is 35.8 Å². The van der Waals surface area contributed by atoms with Crippen molar-refractivity contribution in [3.05, 3.63) is 50.4 Å². The third-order valence-electron chi connectivity index (χ3n) is 9.35. The molecular weight excluding hydrogens is 526 g/mol. The molecule has 1 amide bonds. The van der Waals surface area contributed by atoms with E-state index in [1.165, 1.54) is 11.0 Å². The number of amides is 1. The summed E-state index contributed by atoms with van der Waals surface area (Å²) in [4.78, 5) is 43.3. The maximum atomic E-state index is 13.8. The van der Waals surface area contributed by atoms with Gasteiger partial charge in [0.25, 0.3) is 5.91 Å². The lowest BCUT2D eigenvalue weighted by Gasteiger charge is -2.50. The number of carbonyl (C=O) groups is 3. The highest BCUT2D eigenvalue weighted by Crippen LogP contribution is 2.54. The monoisotopic (exact) mass is 557 g/mol. The molecular formula is C28H32ClN3O7. The van der Waals surface area contributed by atoms with Crippen molar-refractivity contribution in [3.63, 3.8) is 0 Å². The molecule has 5 aliphatic rings. The molecule has 5 atom stereocenters. The maximum Gasteiger partial charge on any atom is 0.255 e. The largest absolute Gasteiger partial charge is 0.510 e. The fraction of sp³-hybridized carbons (Fsp3) is 0.536. The van der Waals surface area contributed by atoms with Crippen molar-refractivity contribution in [1.82, 2.24) is 9.80 Å². The minimum atomic E-state index is -2.65. The molecule has 10 nitrogen and oxygen atoms in total. The van der Waals surface area contributed by atoms with Gasteiger partial charge in [-0.3, -0.25) is 24.2 Å². The van der Waals surface area contributed by atoms with Gasteiger partial charge in [0.15, 0.2) is 11.4 Å². The van der Waals surface area contributed by atoms with Gasteiger partial charge in [0, 0.05) is 28.6 Å². The molecule has 1 aromatic rings. The summed E-state index contributed by atoms with van der Waals surface area (Å²) in [5.41, 5.74) is 2.91. The Morgan fingerprint density at radius 3 is 2.49 bits per heavy atom. The smallest absolute Gasteiger partial charge is 0.255 e. The molecule has 6 N–H and O–H groups in total. The van der Waals surface area contributed by atoms with Gasteiger partial charge in [-0.15, -0.1) is 0 Å². The van der Waals surface area contributed by atoms with Gasteiger partial charge in [-0.1, -0.05) is 11.6 Å². The summed E-state index contributed by atoms with van der Waals surface area (Å²) >= 11 is 6.97. The Bertz CT molecular complexity index is 1400. The second kappa shape index (κ2) is 8.79. The first-order valence-electron chi connectivity index (χ1n) is 13.3. The van der Waals surface area contributed by atoms with E-state index in [1.807, 2.05) is 0 Å². The minimum absolute atomic E-state index is 0.0324. The fourth-order valence-corrected chi connectivity index (χ4v) is 7.88. The summed E-state index contributed by atoms with van der Waals surface area (Å²) in [5, 5.41) is 45.5. The Morgan fingerprint density at radius 1 is 1.18 bits per heavy atom. The van der Waals surface area contributed by atoms with Crippen LogP contribution in [0, 0.1) is 11.8 Å². The molecule has 2 fully saturated rings. The summed E-state index contributed by atoms with van der Waals surface area (Å²) in [6.45, 7) is 0.955. The SMILES string of the molecule is CN(C)[C@@H]1C(O)=C(C(N)=O)C(=O)[C@@]2(O)C(O)=C3C(=O)c4c(O)cc(C5CCCN5C5CC5)c(Cl)c4C[C@H]3C[C@@H]12. The number of carbonyl (C=O) groups excluding carboxylic acids is 3. The van der Waals surface area contributed by atoms with Gasteiger partial charge in [-0.2, -0.15) is 0 Å². The second-order valence-electron chi connectivity index (χ2n) is 11.7. The number of phenolic OH excluding ortho intramolecular Hbond substituents is 1. The molecule has 208 valence electrons. The van der Waals surface area contributed by atoms with Crippen LogP contribution < -0.4 is 5.73 Å². The number of likely N-dealkylation sites (N-methyl/N-ethyl adjacent to an activating group) is 1. The number of fused-ring (bicyclic) bond motifs is 3. The molecule has 1 saturated heterocycles. The summed E-state index contributed by atoms with van der Waals surface area (Å²) in [6, 6.07) is 1.05. The lowest BCUT2D eigenvalue weighted by atomic mass is 9.58. The first-order chi connectivity index (χ1) is 18.4. The van der Waals surface area contributed by atoms with E-state index in [4.69, 9.17) is 17.3 Å². The van der Waals surface area contributed by atoms with Crippen molar-refractivity contribution in [1.29, 1.82) is 0 Å². The number of ketones is 2. The number of nitrogens with zero attached hydrogens (tertiary/aromatic N) is 2. The molecule has 1 aliphatic heterocycles. The Kier molecular flexibility index (Phi) is 5.93. The lowest BCUT2D eigenvalue weighted by molar-refractivity contribution is -0.148. The summed E-state index contributed by atoms with van der Waals surface area (Å²) in [6.07, 6.45) is 4.40. The molecule has 1 aromatic carbocycles. The number of rotatable bonds is 4. The Morgan fingerprint density at radius 2 is 1.87 bits per heavy atom. The van der Waals surface area contributed by atoms with E-state index in [2.05, 4.69) is 4.90 Å². The second-order valence-corrected chi connectivity index (χ2v) is 12.1. The van der Waals surface area contributed by atoms with Gasteiger partial charge < -0.3 is 26.2 Å². The third-order valence-corrected chi connectivity index (χ3v) is 9.80. The van der Waals surface area contributed by atoms with Crippen molar-refractivity contribution in [3.8, 4) is 5.75 Å². The van der Waals surface area contributed by atoms with E-state index in [0.29, 0.717) is 16.6 Å². The number of phenols is 1. The van der Waals surface area contributed by atoms with Gasteiger partial charge in [-0.25, -0.2) is 0 Å². The number of aliphatic hydroxyl groups is 3. The quantitative estimate of drug-likeness (QED) is 0.348. The molecule has 1 saturated carbocycles. The van der Waals surface area contributed by atoms with Crippen LogP contribution >= 0.6 is 11.6 Å². The molecule has 39 heavy (non-hydrogen) atoms. The van der Waals surface area contributed by atoms with Crippen LogP contribution in [0.25, 0.3) is 0 Å². The summed E-state index contributed by atoms with van der Waals surface area (Å²) < 4.78 is 0. The van der Waals surface area contributed by atoms with E-state index >= 15 is 0 Å². The van der Waals surface area contributed by atoms with Crippen molar-refractivity contribution in [2.75, 3.05) is 20.6 Å². The van der Waals surface area contributed by atoms with Gasteiger partial charge in [-0.05, 0) is 82.3 Å². The van der Waals surface area contributed by atoms with Crippen molar-refractivity contribution in [2.24, 2.45) is 17.6 Å². The average Bonchev–Trinajstić information content (AvgIpc) is 3.59. The van der Waals surface area contributed by atoms with Gasteiger partial charge in [0.2, 0.25) is 5.78 Å². The predicted molar refractivity (Wildman–Crippen MR) is 140 cm³/mol. The summed E-state index contributed by atoms with van der Waals surface area (Å²) in [5.74, 6) is -6.68. The zero-order chi connectivity index (χ0) is 28.1. The number of aliphatic hydroxyl groups excluding tert-OH is 2. The summed E-state index contributed by atoms with van der Waals surface area (Å²) in [7, 11) is 3.20. The number of nitrogens with two attached hydrogens (primary N) is 1. The Labute approximate surface area is 230 Å². The number of hydrogen-bond donors (Lipinski definition) is 5. The van der Waals surface area contributed by atoms with Crippen molar-refractivity contribution < 1.29 is 34.8 Å². The highest BCUT2D eigenvalue weighted by Gasteiger charge is 2.63. The Balaban J connectivity index is 1.49. The van der Waals surface area contributed by atoms with Crippen LogP contribution in [0.4, 0.5) is 0 Å². The van der Waals surface area contributed by atoms with E-state index in [1.54, 1.807) is 14.1 Å². The van der Waals surface area contributed by atoms with Crippen molar-refractivity contribution >= 4 is 29.1 Å². The number of aromatic hydroxyl groups is 1. The Hall–Kier alpha value is -2.92. The highest BCUT2D eigenvalue weighted by molar-refractivity contribution is 6.33. The normalized spacial score (nSPS) is 32.9. The van der Waals surface area contributed by atoms with Crippen LogP contribution in [-0.2, 0) is 16.0 Å². The molecule has 11 heteroatoms. The molecule has 6 rings (SSSR count). The fourth-order valence-electron chi connectivity index (χ4n) is 7.52. The van der Waals surface area contributed by atoms with Crippen LogP contribution in [0.3, 0.4) is 0 Å². The van der Waals surface area contributed by atoms with E-state index < -0.39 is 58.0 Å². The first-order valence-corrected chi connectivity index (χ1v) is 13.7. The van der Waals surface area contributed by atoms with Crippen LogP contribution in [0.5, 0.6) is 5.75 Å². The predicted octanol–water partition coefficient (Wildman–Crippen LogP) is 2.07. The zero-order valence-electron chi connectivity index (χ0n) is 21.8. The van der Waals surface area contributed by atoms with Gasteiger partial charge in [0.05, 0.1) is 11.6 Å². The number of primary amides is 1. The molecule has 1 unspecified atom stereocenters. The van der Waals surface area contributed by atoms with Crippen LogP contribution in [-0.4, -0.2) is 86.0 Å². The number of Topliss-reactive ketones (excluding diaryl/α,β-unsaturated/α-hetero) is 2. The topological polar surface area (TPSA) is 165 Å². The number of halogens is 1. The lowest BCUT2D eigenvalue weighted by Crippen LogP contribution is -2.63. The number of allylic oxidation sites excluding steroid dienone is 1. The molecule has 0 aromatic heterocycles. The standard InChI is InChI=1S/C28H32ClN3O7/c1-31(2)22-15-9-11-8-14-19(17(33)10-13(21(14)29)16-4-3-7-32(16)12-5-6-12)23(34)18(11)25(36)28(15,39)26(37)20(24(22)35)27(30)38/h10-12,15-16,22,33,35-36,39H,3-9H2,1-2H3,(H2,30,38)/t11-,15-,16?,22-,28-/m0/s1. The average molecular weight is 558 g/mol. The zero-order valence-corrected chi connectivity index (χ0v) is 22.5. The molecule has 4 aliphatic carbocycles. The number of hydrogen-bond acceptors (Lipinski definition) is 9. The van der Waals surface area contributed by atoms with E-state index in [0.717, 1.165) is 37.8 Å². The van der Waals surface area contributed by atoms with Gasteiger partial charge >= 0.3 is 0 Å². The molecule has 0 radical (unpaired) electrons. The van der Waals surface area contributed by atoms with Crippen LogP contribution in [0.2, 0.25) is 5.02 Å². The third kappa shape index (κ3) is 3.54. The molecule has 0 bridgehead atoms. The maximum absolute atomic E-state index is 13.8. The molecule has 0 spiro atoms. The van der Waals surface area contributed by atoms with E-state index in [9.17, 15) is 34.8 Å². The highest BCUT2D eigenvalue weighted by atomic mass is 35.5. The number of likely N-dealkylation sites (tertiary alicyclic amines) is 1. The minimum Gasteiger partial charge on any atom is -0.510 e. The first kappa shape index (κ1) is 26.3. The van der Waals surface area contributed by atoms with Gasteiger partial charge in [0.1, 0.15) is 22.8 Å². The number of benzene rings is 1. The van der Waals surface area contributed by atoms with Crippen LogP contribution in [0.1, 0.15) is 59.6 Å². The molecule has 1 heterocycles. The van der Waals surface area contributed by atoms with Crippen LogP contribution in [0.15, 0.2) is 28.7 Å².